The van der Waals surface area contributed by atoms with Gasteiger partial charge in [-0.1, -0.05) is 29.8 Å². The van der Waals surface area contributed by atoms with Crippen LogP contribution >= 0.6 is 11.6 Å². The van der Waals surface area contributed by atoms with Crippen molar-refractivity contribution < 1.29 is 14.3 Å². The third-order valence-corrected chi connectivity index (χ3v) is 4.38. The molecule has 0 saturated heterocycles. The lowest BCUT2D eigenvalue weighted by atomic mass is 10.2. The normalized spacial score (nSPS) is 10.2. The number of amides is 1. The Hall–Kier alpha value is -3.25. The van der Waals surface area contributed by atoms with Crippen LogP contribution in [0.5, 0.6) is 11.5 Å². The van der Waals surface area contributed by atoms with E-state index in [-0.39, 0.29) is 5.91 Å². The van der Waals surface area contributed by atoms with Gasteiger partial charge in [0.05, 0.1) is 30.5 Å². The van der Waals surface area contributed by atoms with Crippen molar-refractivity contribution in [1.29, 1.82) is 0 Å². The number of para-hydroxylation sites is 1. The summed E-state index contributed by atoms with van der Waals surface area (Å²) < 4.78 is 10.5. The second kappa shape index (κ2) is 9.10. The van der Waals surface area contributed by atoms with E-state index in [0.717, 1.165) is 17.0 Å². The van der Waals surface area contributed by atoms with Crippen molar-refractivity contribution in [2.45, 2.75) is 6.54 Å². The minimum atomic E-state index is -0.283. The summed E-state index contributed by atoms with van der Waals surface area (Å²) in [4.78, 5) is 16.7. The van der Waals surface area contributed by atoms with Crippen LogP contribution in [0.4, 0.5) is 11.4 Å². The molecule has 28 heavy (non-hydrogen) atoms. The smallest absolute Gasteiger partial charge is 0.257 e. The van der Waals surface area contributed by atoms with Gasteiger partial charge in [-0.25, -0.2) is 0 Å². The number of halogens is 1. The molecule has 0 saturated carbocycles. The highest BCUT2D eigenvalue weighted by Gasteiger charge is 2.10. The Morgan fingerprint density at radius 1 is 1.00 bits per heavy atom. The van der Waals surface area contributed by atoms with Crippen LogP contribution in [0.3, 0.4) is 0 Å². The lowest BCUT2D eigenvalue weighted by Crippen LogP contribution is -2.13. The fourth-order valence-corrected chi connectivity index (χ4v) is 2.91. The second-order valence-electron chi connectivity index (χ2n) is 5.93. The third kappa shape index (κ3) is 4.72. The monoisotopic (exact) mass is 397 g/mol. The third-order valence-electron chi connectivity index (χ3n) is 4.09. The van der Waals surface area contributed by atoms with E-state index in [1.165, 1.54) is 13.3 Å². The molecule has 3 aromatic rings. The zero-order chi connectivity index (χ0) is 19.9. The first-order valence-electron chi connectivity index (χ1n) is 8.56. The number of hydrogen-bond acceptors (Lipinski definition) is 5. The van der Waals surface area contributed by atoms with Crippen LogP contribution in [-0.2, 0) is 6.54 Å². The summed E-state index contributed by atoms with van der Waals surface area (Å²) in [7, 11) is 3.17. The maximum atomic E-state index is 12.5. The van der Waals surface area contributed by atoms with Gasteiger partial charge in [0, 0.05) is 30.2 Å². The molecular weight excluding hydrogens is 378 g/mol. The number of carbonyl (C=O) groups excluding carboxylic acids is 1. The van der Waals surface area contributed by atoms with Gasteiger partial charge in [-0.05, 0) is 30.3 Å². The van der Waals surface area contributed by atoms with E-state index in [4.69, 9.17) is 21.1 Å². The molecule has 0 aliphatic heterocycles. The number of hydrogen-bond donors (Lipinski definition) is 2. The van der Waals surface area contributed by atoms with E-state index in [1.807, 2.05) is 24.3 Å². The van der Waals surface area contributed by atoms with E-state index in [1.54, 1.807) is 37.6 Å². The van der Waals surface area contributed by atoms with Gasteiger partial charge in [-0.15, -0.1) is 0 Å². The van der Waals surface area contributed by atoms with Gasteiger partial charge in [-0.3, -0.25) is 9.78 Å². The number of benzene rings is 2. The maximum absolute atomic E-state index is 12.5. The molecule has 0 spiro atoms. The SMILES string of the molecule is COc1ccc(NC(=O)c2cncc(NCc3ccccc3OC)c2)cc1Cl. The molecule has 7 heteroatoms. The van der Waals surface area contributed by atoms with Crippen LogP contribution in [0.25, 0.3) is 0 Å². The van der Waals surface area contributed by atoms with Crippen LogP contribution in [0.1, 0.15) is 15.9 Å². The summed E-state index contributed by atoms with van der Waals surface area (Å²) >= 11 is 6.10. The van der Waals surface area contributed by atoms with E-state index in [2.05, 4.69) is 15.6 Å². The summed E-state index contributed by atoms with van der Waals surface area (Å²) in [5.74, 6) is 1.06. The number of nitrogens with one attached hydrogen (secondary N) is 2. The Morgan fingerprint density at radius 2 is 1.79 bits per heavy atom. The van der Waals surface area contributed by atoms with Crippen molar-refractivity contribution in [3.8, 4) is 11.5 Å². The quantitative estimate of drug-likeness (QED) is 0.608. The molecule has 2 N–H and O–H groups in total. The van der Waals surface area contributed by atoms with Crippen molar-refractivity contribution in [3.63, 3.8) is 0 Å². The summed E-state index contributed by atoms with van der Waals surface area (Å²) in [6, 6.07) is 14.5. The predicted octanol–water partition coefficient (Wildman–Crippen LogP) is 4.62. The number of nitrogens with zero attached hydrogens (tertiary/aromatic N) is 1. The van der Waals surface area contributed by atoms with E-state index < -0.39 is 0 Å². The first-order valence-corrected chi connectivity index (χ1v) is 8.94. The molecule has 0 bridgehead atoms. The van der Waals surface area contributed by atoms with Crippen LogP contribution < -0.4 is 20.1 Å². The number of carbonyl (C=O) groups is 1. The molecule has 0 unspecified atom stereocenters. The summed E-state index contributed by atoms with van der Waals surface area (Å²) in [6.07, 6.45) is 3.17. The first kappa shape index (κ1) is 19.5. The zero-order valence-electron chi connectivity index (χ0n) is 15.5. The fourth-order valence-electron chi connectivity index (χ4n) is 2.65. The van der Waals surface area contributed by atoms with Crippen molar-refractivity contribution in [3.05, 3.63) is 77.1 Å². The standard InChI is InChI=1S/C21H20ClN3O3/c1-27-19-6-4-3-5-14(19)12-24-17-9-15(11-23-13-17)21(26)25-16-7-8-20(28-2)18(22)10-16/h3-11,13,24H,12H2,1-2H3,(H,25,26). The summed E-state index contributed by atoms with van der Waals surface area (Å²) in [5, 5.41) is 6.48. The van der Waals surface area contributed by atoms with Crippen molar-refractivity contribution in [2.24, 2.45) is 0 Å². The van der Waals surface area contributed by atoms with Crippen molar-refractivity contribution >= 4 is 28.9 Å². The molecule has 1 aromatic heterocycles. The number of aromatic nitrogens is 1. The molecular formula is C21H20ClN3O3. The number of anilines is 2. The molecule has 3 rings (SSSR count). The van der Waals surface area contributed by atoms with Crippen LogP contribution in [0.2, 0.25) is 5.02 Å². The van der Waals surface area contributed by atoms with Gasteiger partial charge >= 0.3 is 0 Å². The second-order valence-corrected chi connectivity index (χ2v) is 6.34. The molecule has 0 fully saturated rings. The Kier molecular flexibility index (Phi) is 6.34. The van der Waals surface area contributed by atoms with Gasteiger partial charge in [0.25, 0.3) is 5.91 Å². The average molecular weight is 398 g/mol. The Bertz CT molecular complexity index is 979. The highest BCUT2D eigenvalue weighted by atomic mass is 35.5. The molecule has 0 atom stereocenters. The summed E-state index contributed by atoms with van der Waals surface area (Å²) in [5.41, 5.74) is 2.74. The van der Waals surface area contributed by atoms with E-state index in [0.29, 0.717) is 28.6 Å². The Labute approximate surface area is 168 Å². The molecule has 6 nitrogen and oxygen atoms in total. The fraction of sp³-hybridized carbons (Fsp3) is 0.143. The van der Waals surface area contributed by atoms with Crippen LogP contribution in [0.15, 0.2) is 60.9 Å². The largest absolute Gasteiger partial charge is 0.496 e. The van der Waals surface area contributed by atoms with Gasteiger partial charge < -0.3 is 20.1 Å². The molecule has 2 aromatic carbocycles. The Morgan fingerprint density at radius 3 is 2.54 bits per heavy atom. The lowest BCUT2D eigenvalue weighted by molar-refractivity contribution is 0.102. The van der Waals surface area contributed by atoms with Crippen LogP contribution in [-0.4, -0.2) is 25.1 Å². The minimum Gasteiger partial charge on any atom is -0.496 e. The molecule has 1 amide bonds. The van der Waals surface area contributed by atoms with Gasteiger partial charge in [0.2, 0.25) is 0 Å². The number of methoxy groups -OCH3 is 2. The van der Waals surface area contributed by atoms with Crippen molar-refractivity contribution in [2.75, 3.05) is 24.9 Å². The average Bonchev–Trinajstić information content (AvgIpc) is 2.73. The molecule has 1 heterocycles. The van der Waals surface area contributed by atoms with Gasteiger partial charge in [-0.2, -0.15) is 0 Å². The van der Waals surface area contributed by atoms with Crippen molar-refractivity contribution in [1.82, 2.24) is 4.98 Å². The predicted molar refractivity (Wildman–Crippen MR) is 111 cm³/mol. The molecule has 144 valence electrons. The van der Waals surface area contributed by atoms with Gasteiger partial charge in [0.1, 0.15) is 11.5 Å². The lowest BCUT2D eigenvalue weighted by Gasteiger charge is -2.11. The minimum absolute atomic E-state index is 0.283. The number of rotatable bonds is 7. The molecule has 0 aliphatic rings. The number of pyridine rings is 1. The first-order chi connectivity index (χ1) is 13.6. The summed E-state index contributed by atoms with van der Waals surface area (Å²) in [6.45, 7) is 0.546. The highest BCUT2D eigenvalue weighted by molar-refractivity contribution is 6.32. The zero-order valence-corrected chi connectivity index (χ0v) is 16.3. The van der Waals surface area contributed by atoms with E-state index in [9.17, 15) is 4.79 Å². The highest BCUT2D eigenvalue weighted by Crippen LogP contribution is 2.27. The molecule has 0 aliphatic carbocycles. The topological polar surface area (TPSA) is 72.5 Å². The van der Waals surface area contributed by atoms with E-state index >= 15 is 0 Å². The maximum Gasteiger partial charge on any atom is 0.257 e. The Balaban J connectivity index is 1.68. The van der Waals surface area contributed by atoms with Gasteiger partial charge in [0.15, 0.2) is 0 Å². The molecule has 0 radical (unpaired) electrons. The van der Waals surface area contributed by atoms with Crippen LogP contribution in [0, 0.1) is 0 Å². The number of ether oxygens (including phenoxy) is 2.